The third kappa shape index (κ3) is 6.22. The zero-order valence-electron chi connectivity index (χ0n) is 19.7. The van der Waals surface area contributed by atoms with Crippen molar-refractivity contribution in [2.45, 2.75) is 32.4 Å². The zero-order valence-corrected chi connectivity index (χ0v) is 19.7. The third-order valence-electron chi connectivity index (χ3n) is 5.74. The average molecular weight is 472 g/mol. The van der Waals surface area contributed by atoms with Crippen molar-refractivity contribution in [1.82, 2.24) is 20.5 Å². The Labute approximate surface area is 204 Å². The van der Waals surface area contributed by atoms with Crippen LogP contribution >= 0.6 is 0 Å². The van der Waals surface area contributed by atoms with Gasteiger partial charge in [0, 0.05) is 31.4 Å². The molecule has 0 spiro atoms. The van der Waals surface area contributed by atoms with Crippen LogP contribution < -0.4 is 26.0 Å². The summed E-state index contributed by atoms with van der Waals surface area (Å²) in [7, 11) is 0. The first-order chi connectivity index (χ1) is 17.1. The van der Waals surface area contributed by atoms with Gasteiger partial charge in [0.25, 0.3) is 0 Å². The quantitative estimate of drug-likeness (QED) is 0.273. The molecular weight excluding hydrogens is 442 g/mol. The molecule has 3 aromatic rings. The highest BCUT2D eigenvalue weighted by Crippen LogP contribution is 2.22. The molecule has 180 valence electrons. The van der Waals surface area contributed by atoms with Crippen molar-refractivity contribution in [3.8, 4) is 11.8 Å². The van der Waals surface area contributed by atoms with Crippen LogP contribution in [0.3, 0.4) is 0 Å². The van der Waals surface area contributed by atoms with Crippen molar-refractivity contribution in [2.75, 3.05) is 29.9 Å². The summed E-state index contributed by atoms with van der Waals surface area (Å²) in [6, 6.07) is 17.5. The fraction of sp³-hybridized carbons (Fsp3) is 0.320. The van der Waals surface area contributed by atoms with Gasteiger partial charge in [-0.25, -0.2) is 0 Å². The molecule has 35 heavy (non-hydrogen) atoms. The van der Waals surface area contributed by atoms with Gasteiger partial charge in [-0.3, -0.25) is 5.41 Å². The molecule has 0 aliphatic carbocycles. The number of aromatic nitrogens is 3. The van der Waals surface area contributed by atoms with E-state index in [-0.39, 0.29) is 17.6 Å². The lowest BCUT2D eigenvalue weighted by atomic mass is 10.1. The van der Waals surface area contributed by atoms with Crippen molar-refractivity contribution >= 4 is 23.3 Å². The van der Waals surface area contributed by atoms with E-state index in [4.69, 9.17) is 21.1 Å². The highest BCUT2D eigenvalue weighted by molar-refractivity contribution is 5.98. The number of piperidine rings is 1. The summed E-state index contributed by atoms with van der Waals surface area (Å²) in [6.45, 7) is 4.96. The Kier molecular flexibility index (Phi) is 7.70. The fourth-order valence-electron chi connectivity index (χ4n) is 3.94. The molecule has 1 saturated heterocycles. The van der Waals surface area contributed by atoms with Gasteiger partial charge in [-0.2, -0.15) is 10.2 Å². The maximum atomic E-state index is 9.01. The van der Waals surface area contributed by atoms with E-state index in [9.17, 15) is 0 Å². The highest BCUT2D eigenvalue weighted by Gasteiger charge is 2.23. The first-order valence-electron chi connectivity index (χ1n) is 11.6. The van der Waals surface area contributed by atoms with Crippen LogP contribution in [0.5, 0.6) is 5.75 Å². The minimum atomic E-state index is -0.221. The van der Waals surface area contributed by atoms with Crippen LogP contribution in [0, 0.1) is 16.7 Å². The number of nitrogens with one attached hydrogen (secondary N) is 3. The number of nitrogens with two attached hydrogens (primary N) is 1. The molecule has 10 nitrogen and oxygen atoms in total. The van der Waals surface area contributed by atoms with Crippen molar-refractivity contribution in [3.63, 3.8) is 0 Å². The molecule has 2 heterocycles. The number of amidine groups is 1. The number of anilines is 3. The Hall–Kier alpha value is -4.23. The fourth-order valence-corrected chi connectivity index (χ4v) is 3.94. The van der Waals surface area contributed by atoms with E-state index < -0.39 is 0 Å². The number of nitrogens with zero attached hydrogens (tertiary/aromatic N) is 5. The molecule has 0 amide bonds. The Bertz CT molecular complexity index is 1190. The first kappa shape index (κ1) is 23.9. The monoisotopic (exact) mass is 471 g/mol. The van der Waals surface area contributed by atoms with Gasteiger partial charge < -0.3 is 26.0 Å². The molecule has 0 radical (unpaired) electrons. The first-order valence-corrected chi connectivity index (χ1v) is 11.6. The second-order valence-corrected chi connectivity index (χ2v) is 8.28. The Morgan fingerprint density at radius 1 is 1.20 bits per heavy atom. The lowest BCUT2D eigenvalue weighted by molar-refractivity contribution is 0.340. The predicted octanol–water partition coefficient (Wildman–Crippen LogP) is 2.93. The molecule has 5 N–H and O–H groups in total. The van der Waals surface area contributed by atoms with E-state index in [0.29, 0.717) is 29.6 Å². The second kappa shape index (κ2) is 11.3. The number of nitrogen functional groups attached to an aromatic ring is 1. The van der Waals surface area contributed by atoms with E-state index in [2.05, 4.69) is 48.9 Å². The lowest BCUT2D eigenvalue weighted by Gasteiger charge is -2.33. The largest absolute Gasteiger partial charge is 0.494 e. The van der Waals surface area contributed by atoms with Gasteiger partial charge in [-0.1, -0.05) is 12.1 Å². The summed E-state index contributed by atoms with van der Waals surface area (Å²) in [5, 5.41) is 32.1. The third-order valence-corrected chi connectivity index (χ3v) is 5.74. The maximum absolute atomic E-state index is 9.01. The van der Waals surface area contributed by atoms with Gasteiger partial charge in [-0.05, 0) is 61.7 Å². The summed E-state index contributed by atoms with van der Waals surface area (Å²) in [5.41, 5.74) is 8.36. The predicted molar refractivity (Wildman–Crippen MR) is 135 cm³/mol. The van der Waals surface area contributed by atoms with E-state index >= 15 is 0 Å². The molecule has 1 atom stereocenters. The summed E-state index contributed by atoms with van der Waals surface area (Å²) >= 11 is 0. The molecular formula is C25H29N9O. The Morgan fingerprint density at radius 2 is 1.97 bits per heavy atom. The molecule has 10 heteroatoms. The van der Waals surface area contributed by atoms with Gasteiger partial charge in [-0.15, -0.1) is 10.2 Å². The van der Waals surface area contributed by atoms with Crippen molar-refractivity contribution in [2.24, 2.45) is 5.73 Å². The van der Waals surface area contributed by atoms with E-state index in [0.717, 1.165) is 38.2 Å². The molecule has 0 saturated carbocycles. The zero-order chi connectivity index (χ0) is 24.6. The van der Waals surface area contributed by atoms with Crippen LogP contribution in [0.1, 0.15) is 36.6 Å². The van der Waals surface area contributed by atoms with Crippen LogP contribution in [-0.2, 0) is 6.54 Å². The molecule has 1 aromatic heterocycles. The number of nitriles is 1. The SMILES string of the molecule is CCOc1ccc(CN[C@@H]2CCCN(c3nnc(C(=N)N)c(Nc4ccc(C#N)cc4)n3)C2)cc1. The topological polar surface area (TPSA) is 149 Å². The molecule has 4 rings (SSSR count). The highest BCUT2D eigenvalue weighted by atomic mass is 16.5. The van der Waals surface area contributed by atoms with Gasteiger partial charge in [0.05, 0.1) is 18.2 Å². The van der Waals surface area contributed by atoms with Crippen LogP contribution in [0.25, 0.3) is 0 Å². The molecule has 2 aromatic carbocycles. The van der Waals surface area contributed by atoms with Gasteiger partial charge in [0.15, 0.2) is 11.5 Å². The second-order valence-electron chi connectivity index (χ2n) is 8.28. The standard InChI is InChI=1S/C25H29N9O/c1-2-35-21-11-7-18(8-12-21)15-29-20-4-3-13-34(16-20)25-31-24(22(23(27)28)32-33-25)30-19-9-5-17(14-26)6-10-19/h5-12,20,29H,2-4,13,15-16H2,1H3,(H3,27,28)(H,30,31,33)/t20-/m1/s1. The summed E-state index contributed by atoms with van der Waals surface area (Å²) in [4.78, 5) is 6.75. The number of hydrogen-bond donors (Lipinski definition) is 4. The number of ether oxygens (including phenoxy) is 1. The van der Waals surface area contributed by atoms with Crippen molar-refractivity contribution in [3.05, 3.63) is 65.4 Å². The Balaban J connectivity index is 1.43. The average Bonchev–Trinajstić information content (AvgIpc) is 2.89. The number of benzene rings is 2. The minimum absolute atomic E-state index is 0.181. The smallest absolute Gasteiger partial charge is 0.247 e. The van der Waals surface area contributed by atoms with Crippen LogP contribution in [-0.4, -0.2) is 46.8 Å². The van der Waals surface area contributed by atoms with Crippen LogP contribution in [0.2, 0.25) is 0 Å². The van der Waals surface area contributed by atoms with E-state index in [1.807, 2.05) is 19.1 Å². The molecule has 1 aliphatic heterocycles. The molecule has 0 unspecified atom stereocenters. The lowest BCUT2D eigenvalue weighted by Crippen LogP contribution is -2.46. The van der Waals surface area contributed by atoms with Crippen molar-refractivity contribution in [1.29, 1.82) is 10.7 Å². The van der Waals surface area contributed by atoms with E-state index in [1.54, 1.807) is 24.3 Å². The number of hydrogen-bond acceptors (Lipinski definition) is 9. The van der Waals surface area contributed by atoms with Crippen LogP contribution in [0.4, 0.5) is 17.5 Å². The normalized spacial score (nSPS) is 15.3. The molecule has 0 bridgehead atoms. The van der Waals surface area contributed by atoms with Gasteiger partial charge in [0.1, 0.15) is 11.6 Å². The minimum Gasteiger partial charge on any atom is -0.494 e. The molecule has 1 aliphatic rings. The van der Waals surface area contributed by atoms with Crippen molar-refractivity contribution < 1.29 is 4.74 Å². The maximum Gasteiger partial charge on any atom is 0.247 e. The van der Waals surface area contributed by atoms with E-state index in [1.165, 1.54) is 5.56 Å². The summed E-state index contributed by atoms with van der Waals surface area (Å²) < 4.78 is 5.51. The molecule has 1 fully saturated rings. The number of rotatable bonds is 9. The summed E-state index contributed by atoms with van der Waals surface area (Å²) in [5.74, 6) is 1.50. The van der Waals surface area contributed by atoms with Gasteiger partial charge in [0.2, 0.25) is 5.95 Å². The summed E-state index contributed by atoms with van der Waals surface area (Å²) in [6.07, 6.45) is 2.06. The van der Waals surface area contributed by atoms with Gasteiger partial charge >= 0.3 is 0 Å². The van der Waals surface area contributed by atoms with Crippen LogP contribution in [0.15, 0.2) is 48.5 Å². The Morgan fingerprint density at radius 3 is 2.66 bits per heavy atom.